The first-order chi connectivity index (χ1) is 14.1. The van der Waals surface area contributed by atoms with Gasteiger partial charge < -0.3 is 21.1 Å². The van der Waals surface area contributed by atoms with E-state index >= 15 is 0 Å². The molecule has 3 rings (SSSR count). The summed E-state index contributed by atoms with van der Waals surface area (Å²) in [6, 6.07) is 18.5. The highest BCUT2D eigenvalue weighted by Gasteiger charge is 2.38. The Morgan fingerprint density at radius 1 is 1.10 bits per heavy atom. The molecule has 0 unspecified atom stereocenters. The number of nitrogens with zero attached hydrogens (tertiary/aromatic N) is 1. The van der Waals surface area contributed by atoms with E-state index in [1.54, 1.807) is 7.05 Å². The number of rotatable bonds is 9. The van der Waals surface area contributed by atoms with Crippen molar-refractivity contribution >= 4 is 11.9 Å². The summed E-state index contributed by atoms with van der Waals surface area (Å²) in [5.41, 5.74) is 7.90. The van der Waals surface area contributed by atoms with Gasteiger partial charge in [-0.1, -0.05) is 48.9 Å². The van der Waals surface area contributed by atoms with Crippen molar-refractivity contribution in [1.82, 2.24) is 10.6 Å². The molecule has 0 saturated heterocycles. The lowest BCUT2D eigenvalue weighted by Gasteiger charge is -2.43. The second-order valence-electron chi connectivity index (χ2n) is 7.50. The average molecular weight is 395 g/mol. The van der Waals surface area contributed by atoms with E-state index in [9.17, 15) is 4.79 Å². The van der Waals surface area contributed by atoms with Crippen LogP contribution in [0.25, 0.3) is 0 Å². The fraction of sp³-hybridized carbons (Fsp3) is 0.391. The summed E-state index contributed by atoms with van der Waals surface area (Å²) in [5.74, 6) is 0.992. The number of hydrogen-bond donors (Lipinski definition) is 3. The minimum Gasteiger partial charge on any atom is -0.484 e. The monoisotopic (exact) mass is 394 g/mol. The molecule has 6 nitrogen and oxygen atoms in total. The molecule has 2 aromatic carbocycles. The lowest BCUT2D eigenvalue weighted by molar-refractivity contribution is -0.119. The summed E-state index contributed by atoms with van der Waals surface area (Å²) < 4.78 is 5.28. The topological polar surface area (TPSA) is 88.7 Å². The predicted octanol–water partition coefficient (Wildman–Crippen LogP) is 2.38. The maximum atomic E-state index is 10.8. The molecule has 6 heteroatoms. The SMILES string of the molecule is CN=C(NCCc1ccc(OCC(N)=O)cc1)NCC1(c2ccccc2)CCC1. The number of benzene rings is 2. The number of guanidine groups is 1. The van der Waals surface area contributed by atoms with Gasteiger partial charge in [-0.3, -0.25) is 9.79 Å². The summed E-state index contributed by atoms with van der Waals surface area (Å²) in [5, 5.41) is 6.90. The first-order valence-electron chi connectivity index (χ1n) is 10.1. The number of ether oxygens (including phenoxy) is 1. The molecule has 0 aromatic heterocycles. The van der Waals surface area contributed by atoms with Gasteiger partial charge >= 0.3 is 0 Å². The molecule has 1 aliphatic rings. The molecule has 1 aliphatic carbocycles. The number of nitrogens with one attached hydrogen (secondary N) is 2. The van der Waals surface area contributed by atoms with Gasteiger partial charge in [-0.05, 0) is 42.5 Å². The number of nitrogens with two attached hydrogens (primary N) is 1. The van der Waals surface area contributed by atoms with Crippen LogP contribution in [0.2, 0.25) is 0 Å². The quantitative estimate of drug-likeness (QED) is 0.450. The van der Waals surface area contributed by atoms with Gasteiger partial charge in [0.1, 0.15) is 5.75 Å². The fourth-order valence-corrected chi connectivity index (χ4v) is 3.67. The van der Waals surface area contributed by atoms with Crippen LogP contribution < -0.4 is 21.1 Å². The zero-order chi connectivity index (χ0) is 20.5. The molecule has 4 N–H and O–H groups in total. The first kappa shape index (κ1) is 20.7. The van der Waals surface area contributed by atoms with Crippen molar-refractivity contribution in [2.24, 2.45) is 10.7 Å². The molecular weight excluding hydrogens is 364 g/mol. The van der Waals surface area contributed by atoms with Crippen molar-refractivity contribution in [2.75, 3.05) is 26.7 Å². The number of aliphatic imine (C=N–C) groups is 1. The molecule has 0 bridgehead atoms. The molecular formula is C23H30N4O2. The van der Waals surface area contributed by atoms with Crippen LogP contribution in [0, 0.1) is 0 Å². The molecule has 154 valence electrons. The van der Waals surface area contributed by atoms with Crippen molar-refractivity contribution < 1.29 is 9.53 Å². The molecule has 1 saturated carbocycles. The van der Waals surface area contributed by atoms with Crippen LogP contribution >= 0.6 is 0 Å². The van der Waals surface area contributed by atoms with Gasteiger partial charge in [0.2, 0.25) is 0 Å². The van der Waals surface area contributed by atoms with E-state index in [4.69, 9.17) is 10.5 Å². The molecule has 29 heavy (non-hydrogen) atoms. The summed E-state index contributed by atoms with van der Waals surface area (Å²) in [6.45, 7) is 1.56. The van der Waals surface area contributed by atoms with E-state index in [0.717, 1.165) is 25.5 Å². The van der Waals surface area contributed by atoms with Crippen molar-refractivity contribution in [2.45, 2.75) is 31.1 Å². The van der Waals surface area contributed by atoms with E-state index in [0.29, 0.717) is 5.75 Å². The second kappa shape index (κ2) is 9.96. The van der Waals surface area contributed by atoms with Crippen molar-refractivity contribution in [1.29, 1.82) is 0 Å². The van der Waals surface area contributed by atoms with Crippen LogP contribution in [0.3, 0.4) is 0 Å². The van der Waals surface area contributed by atoms with Crippen LogP contribution in [0.4, 0.5) is 0 Å². The van der Waals surface area contributed by atoms with Gasteiger partial charge in [-0.25, -0.2) is 0 Å². The van der Waals surface area contributed by atoms with Crippen LogP contribution in [0.15, 0.2) is 59.6 Å². The highest BCUT2D eigenvalue weighted by atomic mass is 16.5. The Morgan fingerprint density at radius 3 is 2.41 bits per heavy atom. The third kappa shape index (κ3) is 5.73. The maximum absolute atomic E-state index is 10.8. The molecule has 0 aliphatic heterocycles. The Kier molecular flexibility index (Phi) is 7.11. The number of hydrogen-bond acceptors (Lipinski definition) is 3. The minimum absolute atomic E-state index is 0.104. The maximum Gasteiger partial charge on any atom is 0.255 e. The highest BCUT2D eigenvalue weighted by Crippen LogP contribution is 2.43. The van der Waals surface area contributed by atoms with Gasteiger partial charge in [-0.15, -0.1) is 0 Å². The van der Waals surface area contributed by atoms with Gasteiger partial charge in [0.05, 0.1) is 0 Å². The normalized spacial score (nSPS) is 15.3. The number of primary amides is 1. The molecule has 2 aromatic rings. The van der Waals surface area contributed by atoms with Crippen LogP contribution in [0.1, 0.15) is 30.4 Å². The van der Waals surface area contributed by atoms with Crippen molar-refractivity contribution in [3.05, 3.63) is 65.7 Å². The summed E-state index contributed by atoms with van der Waals surface area (Å²) in [4.78, 5) is 15.1. The molecule has 0 heterocycles. The van der Waals surface area contributed by atoms with Gasteiger partial charge in [0, 0.05) is 25.6 Å². The Morgan fingerprint density at radius 2 is 1.83 bits per heavy atom. The number of carbonyl (C=O) groups excluding carboxylic acids is 1. The molecule has 0 radical (unpaired) electrons. The zero-order valence-electron chi connectivity index (χ0n) is 17.0. The fourth-order valence-electron chi connectivity index (χ4n) is 3.67. The van der Waals surface area contributed by atoms with E-state index in [1.807, 2.05) is 24.3 Å². The summed E-state index contributed by atoms with van der Waals surface area (Å²) in [7, 11) is 1.80. The minimum atomic E-state index is -0.479. The largest absolute Gasteiger partial charge is 0.484 e. The van der Waals surface area contributed by atoms with E-state index in [1.165, 1.54) is 30.4 Å². The van der Waals surface area contributed by atoms with Gasteiger partial charge in [0.15, 0.2) is 12.6 Å². The third-order valence-corrected chi connectivity index (χ3v) is 5.53. The highest BCUT2D eigenvalue weighted by molar-refractivity contribution is 5.79. The Bertz CT molecular complexity index is 815. The summed E-state index contributed by atoms with van der Waals surface area (Å²) in [6.07, 6.45) is 4.57. The van der Waals surface area contributed by atoms with E-state index < -0.39 is 5.91 Å². The summed E-state index contributed by atoms with van der Waals surface area (Å²) >= 11 is 0. The molecule has 1 fully saturated rings. The predicted molar refractivity (Wildman–Crippen MR) is 116 cm³/mol. The molecule has 0 atom stereocenters. The van der Waals surface area contributed by atoms with Crippen LogP contribution in [-0.2, 0) is 16.6 Å². The smallest absolute Gasteiger partial charge is 0.255 e. The van der Waals surface area contributed by atoms with Crippen molar-refractivity contribution in [3.8, 4) is 5.75 Å². The lowest BCUT2D eigenvalue weighted by Crippen LogP contribution is -2.49. The number of carbonyl (C=O) groups is 1. The number of amides is 1. The molecule has 0 spiro atoms. The Hall–Kier alpha value is -3.02. The van der Waals surface area contributed by atoms with Gasteiger partial charge in [0.25, 0.3) is 5.91 Å². The third-order valence-electron chi connectivity index (χ3n) is 5.53. The Balaban J connectivity index is 1.44. The lowest BCUT2D eigenvalue weighted by atomic mass is 9.64. The van der Waals surface area contributed by atoms with Crippen LogP contribution in [-0.4, -0.2) is 38.6 Å². The van der Waals surface area contributed by atoms with E-state index in [-0.39, 0.29) is 12.0 Å². The van der Waals surface area contributed by atoms with E-state index in [2.05, 4.69) is 46.0 Å². The van der Waals surface area contributed by atoms with Crippen LogP contribution in [0.5, 0.6) is 5.75 Å². The average Bonchev–Trinajstić information content (AvgIpc) is 2.71. The van der Waals surface area contributed by atoms with Crippen molar-refractivity contribution in [3.63, 3.8) is 0 Å². The second-order valence-corrected chi connectivity index (χ2v) is 7.50. The van der Waals surface area contributed by atoms with Gasteiger partial charge in [-0.2, -0.15) is 0 Å². The first-order valence-corrected chi connectivity index (χ1v) is 10.1. The zero-order valence-corrected chi connectivity index (χ0v) is 17.0. The molecule has 1 amide bonds. The Labute approximate surface area is 172 Å². The standard InChI is InChI=1S/C23H30N4O2/c1-25-22(27-17-23(13-5-14-23)19-6-3-2-4-7-19)26-15-12-18-8-10-20(11-9-18)29-16-21(24)28/h2-4,6-11H,5,12-17H2,1H3,(H2,24,28)(H2,25,26,27).